The van der Waals surface area contributed by atoms with Crippen LogP contribution in [-0.4, -0.2) is 0 Å². The van der Waals surface area contributed by atoms with Crippen molar-refractivity contribution in [3.05, 3.63) is 107 Å². The average Bonchev–Trinajstić information content (AvgIpc) is 2.73. The standard InChI is InChI=1S/C25H12F8/c1-11-6-18(27)22(19(28)7-11)12-2-3-15(17(26)8-12)16-5-4-14(23(31)24(16)32)13-9-20(29)25(33)21(30)10-13/h2-10H,1H3. The Morgan fingerprint density at radius 2 is 0.909 bits per heavy atom. The van der Waals surface area contributed by atoms with Crippen LogP contribution in [0.15, 0.2) is 54.6 Å². The maximum absolute atomic E-state index is 14.8. The summed E-state index contributed by atoms with van der Waals surface area (Å²) in [6.07, 6.45) is 0. The molecule has 0 aromatic heterocycles. The Hall–Kier alpha value is -3.68. The van der Waals surface area contributed by atoms with Crippen molar-refractivity contribution in [1.82, 2.24) is 0 Å². The molecular formula is C25H12F8. The molecule has 0 heterocycles. The van der Waals surface area contributed by atoms with E-state index in [1.807, 2.05) is 0 Å². The van der Waals surface area contributed by atoms with E-state index in [-0.39, 0.29) is 5.56 Å². The van der Waals surface area contributed by atoms with Crippen LogP contribution in [0.1, 0.15) is 5.56 Å². The molecule has 0 fully saturated rings. The van der Waals surface area contributed by atoms with E-state index >= 15 is 0 Å². The molecule has 33 heavy (non-hydrogen) atoms. The third-order valence-electron chi connectivity index (χ3n) is 5.11. The molecule has 4 aromatic carbocycles. The molecule has 4 aromatic rings. The van der Waals surface area contributed by atoms with E-state index in [0.29, 0.717) is 17.7 Å². The van der Waals surface area contributed by atoms with Gasteiger partial charge in [-0.25, -0.2) is 35.1 Å². The Morgan fingerprint density at radius 1 is 0.424 bits per heavy atom. The summed E-state index contributed by atoms with van der Waals surface area (Å²) in [6, 6.07) is 8.00. The minimum Gasteiger partial charge on any atom is -0.206 e. The predicted molar refractivity (Wildman–Crippen MR) is 107 cm³/mol. The zero-order chi connectivity index (χ0) is 24.0. The Balaban J connectivity index is 1.79. The SMILES string of the molecule is Cc1cc(F)c(-c2ccc(-c3ccc(-c4cc(F)c(F)c(F)c4)c(F)c3F)c(F)c2)c(F)c1. The molecule has 0 unspecified atom stereocenters. The first-order chi connectivity index (χ1) is 15.6. The summed E-state index contributed by atoms with van der Waals surface area (Å²) in [5.41, 5.74) is -2.29. The van der Waals surface area contributed by atoms with Crippen LogP contribution in [-0.2, 0) is 0 Å². The predicted octanol–water partition coefficient (Wildman–Crippen LogP) is 8.11. The molecular weight excluding hydrogens is 452 g/mol. The Kier molecular flexibility index (Phi) is 5.69. The minimum atomic E-state index is -1.76. The summed E-state index contributed by atoms with van der Waals surface area (Å²) in [4.78, 5) is 0. The molecule has 0 nitrogen and oxygen atoms in total. The van der Waals surface area contributed by atoms with Gasteiger partial charge in [-0.15, -0.1) is 0 Å². The lowest BCUT2D eigenvalue weighted by Crippen LogP contribution is -1.98. The second-order valence-electron chi connectivity index (χ2n) is 7.34. The van der Waals surface area contributed by atoms with Gasteiger partial charge in [-0.1, -0.05) is 24.3 Å². The highest BCUT2D eigenvalue weighted by molar-refractivity contribution is 5.75. The van der Waals surface area contributed by atoms with Crippen molar-refractivity contribution in [3.8, 4) is 33.4 Å². The fourth-order valence-corrected chi connectivity index (χ4v) is 3.56. The fourth-order valence-electron chi connectivity index (χ4n) is 3.56. The highest BCUT2D eigenvalue weighted by Crippen LogP contribution is 2.36. The van der Waals surface area contributed by atoms with Crippen molar-refractivity contribution in [2.75, 3.05) is 0 Å². The molecule has 0 saturated carbocycles. The van der Waals surface area contributed by atoms with Crippen LogP contribution >= 0.6 is 0 Å². The van der Waals surface area contributed by atoms with E-state index in [1.165, 1.54) is 6.92 Å². The average molecular weight is 464 g/mol. The van der Waals surface area contributed by atoms with E-state index in [4.69, 9.17) is 0 Å². The Bertz CT molecular complexity index is 1360. The second kappa shape index (κ2) is 8.35. The van der Waals surface area contributed by atoms with Gasteiger partial charge in [-0.3, -0.25) is 0 Å². The summed E-state index contributed by atoms with van der Waals surface area (Å²) in [5, 5.41) is 0. The van der Waals surface area contributed by atoms with Crippen molar-refractivity contribution >= 4 is 0 Å². The first-order valence-corrected chi connectivity index (χ1v) is 9.47. The molecule has 0 aliphatic heterocycles. The van der Waals surface area contributed by atoms with Gasteiger partial charge < -0.3 is 0 Å². The first kappa shape index (κ1) is 22.5. The van der Waals surface area contributed by atoms with E-state index in [9.17, 15) is 35.1 Å². The Labute approximate surface area is 182 Å². The molecule has 4 rings (SSSR count). The highest BCUT2D eigenvalue weighted by atomic mass is 19.2. The van der Waals surface area contributed by atoms with Crippen molar-refractivity contribution in [2.45, 2.75) is 6.92 Å². The van der Waals surface area contributed by atoms with Crippen LogP contribution in [0.5, 0.6) is 0 Å². The van der Waals surface area contributed by atoms with Gasteiger partial charge >= 0.3 is 0 Å². The smallest absolute Gasteiger partial charge is 0.194 e. The van der Waals surface area contributed by atoms with Gasteiger partial charge in [0.25, 0.3) is 0 Å². The van der Waals surface area contributed by atoms with Crippen LogP contribution in [0, 0.1) is 53.5 Å². The van der Waals surface area contributed by atoms with Crippen LogP contribution in [0.25, 0.3) is 33.4 Å². The number of rotatable bonds is 3. The van der Waals surface area contributed by atoms with Gasteiger partial charge in [0.2, 0.25) is 0 Å². The minimum absolute atomic E-state index is 0.152. The van der Waals surface area contributed by atoms with Crippen LogP contribution < -0.4 is 0 Å². The number of halogens is 8. The first-order valence-electron chi connectivity index (χ1n) is 9.47. The summed E-state index contributed by atoms with van der Waals surface area (Å²) in [5.74, 6) is -10.9. The Morgan fingerprint density at radius 3 is 1.48 bits per heavy atom. The monoisotopic (exact) mass is 464 g/mol. The second-order valence-corrected chi connectivity index (χ2v) is 7.34. The lowest BCUT2D eigenvalue weighted by molar-refractivity contribution is 0.447. The van der Waals surface area contributed by atoms with E-state index in [1.54, 1.807) is 0 Å². The summed E-state index contributed by atoms with van der Waals surface area (Å²) >= 11 is 0. The van der Waals surface area contributed by atoms with Gasteiger partial charge in [0, 0.05) is 16.7 Å². The van der Waals surface area contributed by atoms with Gasteiger partial charge in [0.15, 0.2) is 29.1 Å². The zero-order valence-electron chi connectivity index (χ0n) is 16.7. The molecule has 0 aliphatic carbocycles. The van der Waals surface area contributed by atoms with Crippen molar-refractivity contribution in [2.24, 2.45) is 0 Å². The van der Waals surface area contributed by atoms with E-state index in [2.05, 4.69) is 0 Å². The molecule has 0 radical (unpaired) electrons. The molecule has 0 N–H and O–H groups in total. The summed E-state index contributed by atoms with van der Waals surface area (Å²) in [6.45, 7) is 1.48. The molecule has 168 valence electrons. The molecule has 0 amide bonds. The molecule has 8 heteroatoms. The molecule has 0 bridgehead atoms. The maximum Gasteiger partial charge on any atom is 0.194 e. The third kappa shape index (κ3) is 3.97. The van der Waals surface area contributed by atoms with Crippen LogP contribution in [0.2, 0.25) is 0 Å². The quantitative estimate of drug-likeness (QED) is 0.212. The van der Waals surface area contributed by atoms with Gasteiger partial charge in [-0.2, -0.15) is 0 Å². The molecule has 0 atom stereocenters. The number of hydrogen-bond donors (Lipinski definition) is 0. The van der Waals surface area contributed by atoms with Crippen LogP contribution in [0.3, 0.4) is 0 Å². The van der Waals surface area contributed by atoms with E-state index in [0.717, 1.165) is 42.5 Å². The third-order valence-corrected chi connectivity index (χ3v) is 5.11. The lowest BCUT2D eigenvalue weighted by atomic mass is 9.95. The number of aryl methyl sites for hydroxylation is 1. The largest absolute Gasteiger partial charge is 0.206 e. The van der Waals surface area contributed by atoms with Gasteiger partial charge in [-0.05, 0) is 53.9 Å². The number of benzene rings is 4. The summed E-state index contributed by atoms with van der Waals surface area (Å²) < 4.78 is 113. The summed E-state index contributed by atoms with van der Waals surface area (Å²) in [7, 11) is 0. The van der Waals surface area contributed by atoms with Crippen LogP contribution in [0.4, 0.5) is 35.1 Å². The van der Waals surface area contributed by atoms with Gasteiger partial charge in [0.05, 0.1) is 5.56 Å². The van der Waals surface area contributed by atoms with Gasteiger partial charge in [0.1, 0.15) is 17.5 Å². The topological polar surface area (TPSA) is 0 Å². The van der Waals surface area contributed by atoms with Crippen molar-refractivity contribution < 1.29 is 35.1 Å². The molecule has 0 aliphatic rings. The normalized spacial score (nSPS) is 11.2. The zero-order valence-corrected chi connectivity index (χ0v) is 16.7. The fraction of sp³-hybridized carbons (Fsp3) is 0.0400. The van der Waals surface area contributed by atoms with Crippen molar-refractivity contribution in [3.63, 3.8) is 0 Å². The molecule has 0 saturated heterocycles. The van der Waals surface area contributed by atoms with Crippen molar-refractivity contribution in [1.29, 1.82) is 0 Å². The lowest BCUT2D eigenvalue weighted by Gasteiger charge is -2.12. The molecule has 0 spiro atoms. The highest BCUT2D eigenvalue weighted by Gasteiger charge is 2.21. The number of hydrogen-bond acceptors (Lipinski definition) is 0. The maximum atomic E-state index is 14.8. The van der Waals surface area contributed by atoms with E-state index < -0.39 is 74.4 Å².